The number of hydrogen-bond donors (Lipinski definition) is 2. The highest BCUT2D eigenvalue weighted by Gasteiger charge is 2.00. The minimum atomic E-state index is -0.210. The number of pyridine rings is 1. The van der Waals surface area contributed by atoms with Crippen LogP contribution in [0.1, 0.15) is 5.56 Å². The van der Waals surface area contributed by atoms with E-state index in [0.29, 0.717) is 17.9 Å². The van der Waals surface area contributed by atoms with E-state index in [-0.39, 0.29) is 5.82 Å². The first-order chi connectivity index (χ1) is 7.75. The molecular formula is C12H12FN3. The number of nitrogens with one attached hydrogen (secondary N) is 1. The van der Waals surface area contributed by atoms with Gasteiger partial charge >= 0.3 is 0 Å². The van der Waals surface area contributed by atoms with Gasteiger partial charge in [-0.3, -0.25) is 0 Å². The summed E-state index contributed by atoms with van der Waals surface area (Å²) in [5.74, 6) is 0.259. The van der Waals surface area contributed by atoms with Crippen LogP contribution in [0.2, 0.25) is 0 Å². The zero-order valence-corrected chi connectivity index (χ0v) is 8.65. The fraction of sp³-hybridized carbons (Fsp3) is 0.0833. The Bertz CT molecular complexity index is 468. The molecule has 0 atom stereocenters. The van der Waals surface area contributed by atoms with Crippen molar-refractivity contribution in [3.05, 3.63) is 54.0 Å². The van der Waals surface area contributed by atoms with Gasteiger partial charge in [-0.05, 0) is 18.2 Å². The van der Waals surface area contributed by atoms with Crippen LogP contribution >= 0.6 is 0 Å². The van der Waals surface area contributed by atoms with Crippen LogP contribution in [0.4, 0.5) is 15.9 Å². The fourth-order valence-electron chi connectivity index (χ4n) is 1.35. The van der Waals surface area contributed by atoms with Gasteiger partial charge in [0.25, 0.3) is 0 Å². The van der Waals surface area contributed by atoms with Crippen molar-refractivity contribution in [2.24, 2.45) is 0 Å². The molecule has 2 rings (SSSR count). The molecule has 0 aliphatic carbocycles. The molecule has 0 aliphatic rings. The van der Waals surface area contributed by atoms with Gasteiger partial charge in [-0.1, -0.05) is 18.2 Å². The highest BCUT2D eigenvalue weighted by Crippen LogP contribution is 2.11. The van der Waals surface area contributed by atoms with Gasteiger partial charge in [0.05, 0.1) is 11.9 Å². The number of hydrogen-bond acceptors (Lipinski definition) is 3. The van der Waals surface area contributed by atoms with Crippen molar-refractivity contribution in [1.82, 2.24) is 4.98 Å². The molecule has 0 bridgehead atoms. The van der Waals surface area contributed by atoms with Crippen molar-refractivity contribution in [1.29, 1.82) is 0 Å². The Kier molecular flexibility index (Phi) is 3.00. The molecule has 0 unspecified atom stereocenters. The summed E-state index contributed by atoms with van der Waals surface area (Å²) in [6, 6.07) is 10.2. The Balaban J connectivity index is 2.02. The number of anilines is 2. The average Bonchev–Trinajstić information content (AvgIpc) is 2.30. The van der Waals surface area contributed by atoms with Crippen LogP contribution < -0.4 is 11.1 Å². The van der Waals surface area contributed by atoms with Gasteiger partial charge in [0.15, 0.2) is 0 Å². The molecule has 0 fully saturated rings. The van der Waals surface area contributed by atoms with Crippen LogP contribution in [-0.4, -0.2) is 4.98 Å². The third-order valence-corrected chi connectivity index (χ3v) is 2.23. The van der Waals surface area contributed by atoms with Crippen molar-refractivity contribution in [3.63, 3.8) is 0 Å². The summed E-state index contributed by atoms with van der Waals surface area (Å²) >= 11 is 0. The van der Waals surface area contributed by atoms with E-state index >= 15 is 0 Å². The minimum absolute atomic E-state index is 0.210. The average molecular weight is 217 g/mol. The highest BCUT2D eigenvalue weighted by molar-refractivity contribution is 5.45. The van der Waals surface area contributed by atoms with E-state index in [2.05, 4.69) is 10.3 Å². The van der Waals surface area contributed by atoms with Crippen molar-refractivity contribution in [2.75, 3.05) is 11.1 Å². The normalized spacial score (nSPS) is 10.1. The van der Waals surface area contributed by atoms with Crippen molar-refractivity contribution in [3.8, 4) is 0 Å². The lowest BCUT2D eigenvalue weighted by atomic mass is 10.2. The molecule has 4 heteroatoms. The van der Waals surface area contributed by atoms with E-state index in [0.717, 1.165) is 5.69 Å². The smallest absolute Gasteiger partial charge is 0.128 e. The van der Waals surface area contributed by atoms with Gasteiger partial charge in [0, 0.05) is 12.1 Å². The fourth-order valence-corrected chi connectivity index (χ4v) is 1.35. The molecule has 3 nitrogen and oxygen atoms in total. The molecule has 16 heavy (non-hydrogen) atoms. The van der Waals surface area contributed by atoms with Crippen LogP contribution in [0.3, 0.4) is 0 Å². The van der Waals surface area contributed by atoms with Crippen LogP contribution in [0.5, 0.6) is 0 Å². The summed E-state index contributed by atoms with van der Waals surface area (Å²) < 4.78 is 13.3. The standard InChI is InChI=1S/C12H12FN3/c13-11-4-2-1-3-9(11)7-15-10-5-6-12(14)16-8-10/h1-6,8,15H,7H2,(H2,14,16). The molecule has 0 radical (unpaired) electrons. The maximum atomic E-state index is 13.3. The zero-order valence-electron chi connectivity index (χ0n) is 8.65. The SMILES string of the molecule is Nc1ccc(NCc2ccccc2F)cn1. The number of nitrogens with two attached hydrogens (primary N) is 1. The third-order valence-electron chi connectivity index (χ3n) is 2.23. The first kappa shape index (κ1) is 10.4. The summed E-state index contributed by atoms with van der Waals surface area (Å²) in [4.78, 5) is 3.94. The van der Waals surface area contributed by atoms with Crippen LogP contribution in [0, 0.1) is 5.82 Å². The molecule has 0 aliphatic heterocycles. The quantitative estimate of drug-likeness (QED) is 0.830. The summed E-state index contributed by atoms with van der Waals surface area (Å²) in [5, 5.41) is 3.07. The Labute approximate surface area is 93.1 Å². The Morgan fingerprint density at radius 2 is 2.00 bits per heavy atom. The molecule has 1 aromatic heterocycles. The molecule has 1 aromatic carbocycles. The number of nitrogens with zero attached hydrogens (tertiary/aromatic N) is 1. The first-order valence-electron chi connectivity index (χ1n) is 4.94. The van der Waals surface area contributed by atoms with Gasteiger partial charge in [0.2, 0.25) is 0 Å². The second-order valence-electron chi connectivity index (χ2n) is 3.42. The van der Waals surface area contributed by atoms with Gasteiger partial charge in [-0.25, -0.2) is 9.37 Å². The molecule has 0 saturated heterocycles. The Morgan fingerprint density at radius 1 is 1.19 bits per heavy atom. The summed E-state index contributed by atoms with van der Waals surface area (Å²) in [5.41, 5.74) is 6.90. The first-order valence-corrected chi connectivity index (χ1v) is 4.94. The number of nitrogen functional groups attached to an aromatic ring is 1. The van der Waals surface area contributed by atoms with Gasteiger partial charge in [-0.2, -0.15) is 0 Å². The van der Waals surface area contributed by atoms with E-state index in [4.69, 9.17) is 5.73 Å². The Hall–Kier alpha value is -2.10. The molecular weight excluding hydrogens is 205 g/mol. The zero-order chi connectivity index (χ0) is 11.4. The molecule has 3 N–H and O–H groups in total. The largest absolute Gasteiger partial charge is 0.384 e. The van der Waals surface area contributed by atoms with Crippen LogP contribution in [-0.2, 0) is 6.54 Å². The van der Waals surface area contributed by atoms with Gasteiger partial charge in [-0.15, -0.1) is 0 Å². The lowest BCUT2D eigenvalue weighted by Crippen LogP contribution is -2.02. The van der Waals surface area contributed by atoms with Crippen molar-refractivity contribution >= 4 is 11.5 Å². The monoisotopic (exact) mass is 217 g/mol. The number of aromatic nitrogens is 1. The van der Waals surface area contributed by atoms with Crippen molar-refractivity contribution < 1.29 is 4.39 Å². The molecule has 82 valence electrons. The number of benzene rings is 1. The second-order valence-corrected chi connectivity index (χ2v) is 3.42. The summed E-state index contributed by atoms with van der Waals surface area (Å²) in [6.45, 7) is 0.429. The van der Waals surface area contributed by atoms with Crippen LogP contribution in [0.15, 0.2) is 42.6 Å². The van der Waals surface area contributed by atoms with Crippen molar-refractivity contribution in [2.45, 2.75) is 6.54 Å². The predicted molar refractivity (Wildman–Crippen MR) is 62.4 cm³/mol. The molecule has 1 heterocycles. The lowest BCUT2D eigenvalue weighted by molar-refractivity contribution is 0.613. The van der Waals surface area contributed by atoms with Gasteiger partial charge in [0.1, 0.15) is 11.6 Å². The lowest BCUT2D eigenvalue weighted by Gasteiger charge is -2.06. The predicted octanol–water partition coefficient (Wildman–Crippen LogP) is 2.42. The molecule has 0 saturated carbocycles. The van der Waals surface area contributed by atoms with E-state index in [9.17, 15) is 4.39 Å². The van der Waals surface area contributed by atoms with Gasteiger partial charge < -0.3 is 11.1 Å². The maximum absolute atomic E-state index is 13.3. The van der Waals surface area contributed by atoms with Crippen LogP contribution in [0.25, 0.3) is 0 Å². The second kappa shape index (κ2) is 4.61. The Morgan fingerprint density at radius 3 is 2.69 bits per heavy atom. The molecule has 0 amide bonds. The topological polar surface area (TPSA) is 50.9 Å². The number of halogens is 1. The van der Waals surface area contributed by atoms with E-state index in [1.54, 1.807) is 30.5 Å². The third kappa shape index (κ3) is 2.48. The number of rotatable bonds is 3. The summed E-state index contributed by atoms with van der Waals surface area (Å²) in [7, 11) is 0. The molecule has 0 spiro atoms. The van der Waals surface area contributed by atoms with E-state index in [1.165, 1.54) is 6.07 Å². The molecule has 2 aromatic rings. The maximum Gasteiger partial charge on any atom is 0.128 e. The van der Waals surface area contributed by atoms with E-state index in [1.807, 2.05) is 6.07 Å². The highest BCUT2D eigenvalue weighted by atomic mass is 19.1. The minimum Gasteiger partial charge on any atom is -0.384 e. The van der Waals surface area contributed by atoms with E-state index < -0.39 is 0 Å². The summed E-state index contributed by atoms with van der Waals surface area (Å²) in [6.07, 6.45) is 1.62.